The molecule has 0 saturated carbocycles. The third-order valence-electron chi connectivity index (χ3n) is 2.78. The fourth-order valence-electron chi connectivity index (χ4n) is 1.69. The summed E-state index contributed by atoms with van der Waals surface area (Å²) in [5.74, 6) is -0.392. The molecule has 0 aliphatic heterocycles. The molecule has 0 aliphatic rings. The number of rotatable bonds is 5. The van der Waals surface area contributed by atoms with Gasteiger partial charge in [-0.3, -0.25) is 14.3 Å². The van der Waals surface area contributed by atoms with Crippen LogP contribution in [0.3, 0.4) is 0 Å². The van der Waals surface area contributed by atoms with Gasteiger partial charge in [0, 0.05) is 27.7 Å². The van der Waals surface area contributed by atoms with Crippen LogP contribution in [0.5, 0.6) is 0 Å². The number of nitrogens with zero attached hydrogens (tertiary/aromatic N) is 4. The van der Waals surface area contributed by atoms with Gasteiger partial charge in [0.05, 0.1) is 11.9 Å². The molecule has 0 spiro atoms. The number of hydrogen-bond donors (Lipinski definition) is 1. The maximum Gasteiger partial charge on any atom is 0.274 e. The highest BCUT2D eigenvalue weighted by molar-refractivity contribution is 5.99. The van der Waals surface area contributed by atoms with Crippen molar-refractivity contribution in [3.05, 3.63) is 11.9 Å². The molecule has 1 aromatic rings. The fraction of sp³-hybridized carbons (Fsp3) is 0.583. The van der Waals surface area contributed by atoms with Crippen LogP contribution >= 0.6 is 0 Å². The van der Waals surface area contributed by atoms with E-state index in [0.29, 0.717) is 17.9 Å². The summed E-state index contributed by atoms with van der Waals surface area (Å²) in [5.41, 5.74) is 6.39. The van der Waals surface area contributed by atoms with E-state index in [2.05, 4.69) is 5.10 Å². The molecule has 106 valence electrons. The number of aryl methyl sites for hydroxylation is 1. The largest absolute Gasteiger partial charge is 0.396 e. The average molecular weight is 267 g/mol. The van der Waals surface area contributed by atoms with Crippen molar-refractivity contribution >= 4 is 17.5 Å². The minimum atomic E-state index is -0.269. The predicted molar refractivity (Wildman–Crippen MR) is 72.5 cm³/mol. The number of nitrogen functional groups attached to an aromatic ring is 1. The molecule has 0 unspecified atom stereocenters. The van der Waals surface area contributed by atoms with Gasteiger partial charge in [-0.05, 0) is 6.42 Å². The number of carbonyl (C=O) groups excluding carboxylic acids is 2. The maximum atomic E-state index is 12.4. The molecule has 2 amide bonds. The topological polar surface area (TPSA) is 84.5 Å². The Kier molecular flexibility index (Phi) is 4.91. The third kappa shape index (κ3) is 3.46. The minimum Gasteiger partial charge on any atom is -0.396 e. The van der Waals surface area contributed by atoms with Crippen LogP contribution in [-0.4, -0.2) is 58.6 Å². The van der Waals surface area contributed by atoms with E-state index in [-0.39, 0.29) is 18.4 Å². The number of nitrogens with two attached hydrogens (primary N) is 1. The lowest BCUT2D eigenvalue weighted by Gasteiger charge is -2.23. The lowest BCUT2D eigenvalue weighted by atomic mass is 10.3. The van der Waals surface area contributed by atoms with Crippen LogP contribution in [0.15, 0.2) is 6.20 Å². The summed E-state index contributed by atoms with van der Waals surface area (Å²) in [6.45, 7) is 2.50. The van der Waals surface area contributed by atoms with Gasteiger partial charge in [-0.15, -0.1) is 0 Å². The van der Waals surface area contributed by atoms with E-state index in [9.17, 15) is 9.59 Å². The van der Waals surface area contributed by atoms with Crippen molar-refractivity contribution in [3.63, 3.8) is 0 Å². The van der Waals surface area contributed by atoms with E-state index in [4.69, 9.17) is 5.73 Å². The van der Waals surface area contributed by atoms with Gasteiger partial charge in [-0.1, -0.05) is 6.92 Å². The van der Waals surface area contributed by atoms with Gasteiger partial charge in [0.1, 0.15) is 12.2 Å². The smallest absolute Gasteiger partial charge is 0.274 e. The first kappa shape index (κ1) is 15.0. The van der Waals surface area contributed by atoms with Gasteiger partial charge in [-0.25, -0.2) is 0 Å². The summed E-state index contributed by atoms with van der Waals surface area (Å²) in [7, 11) is 4.98. The van der Waals surface area contributed by atoms with Crippen molar-refractivity contribution < 1.29 is 9.59 Å². The van der Waals surface area contributed by atoms with Crippen LogP contribution in [0.2, 0.25) is 0 Å². The van der Waals surface area contributed by atoms with Crippen LogP contribution in [0.25, 0.3) is 0 Å². The van der Waals surface area contributed by atoms with Crippen LogP contribution in [-0.2, 0) is 11.8 Å². The van der Waals surface area contributed by atoms with Gasteiger partial charge in [0.15, 0.2) is 0 Å². The highest BCUT2D eigenvalue weighted by atomic mass is 16.2. The van der Waals surface area contributed by atoms with Gasteiger partial charge in [0.25, 0.3) is 5.91 Å². The zero-order chi connectivity index (χ0) is 14.6. The first-order valence-corrected chi connectivity index (χ1v) is 6.15. The van der Waals surface area contributed by atoms with Gasteiger partial charge < -0.3 is 15.5 Å². The van der Waals surface area contributed by atoms with E-state index < -0.39 is 0 Å². The highest BCUT2D eigenvalue weighted by Crippen LogP contribution is 2.13. The van der Waals surface area contributed by atoms with E-state index in [1.165, 1.54) is 20.7 Å². The monoisotopic (exact) mass is 267 g/mol. The zero-order valence-electron chi connectivity index (χ0n) is 11.9. The molecule has 0 fully saturated rings. The Hall–Kier alpha value is -2.05. The SMILES string of the molecule is CCCN(CC(=O)N(C)C)C(=O)c1c(N)cnn1C. The first-order valence-electron chi connectivity index (χ1n) is 6.15. The molecule has 1 heterocycles. The van der Waals surface area contributed by atoms with Crippen molar-refractivity contribution in [1.82, 2.24) is 19.6 Å². The minimum absolute atomic E-state index is 0.0459. The van der Waals surface area contributed by atoms with Crippen molar-refractivity contribution in [2.75, 3.05) is 32.9 Å². The lowest BCUT2D eigenvalue weighted by Crippen LogP contribution is -2.41. The Bertz CT molecular complexity index is 447. The first-order chi connectivity index (χ1) is 8.88. The number of aromatic nitrogens is 2. The summed E-state index contributed by atoms with van der Waals surface area (Å²) < 4.78 is 1.43. The van der Waals surface area contributed by atoms with E-state index >= 15 is 0 Å². The summed E-state index contributed by atoms with van der Waals surface area (Å²) in [6.07, 6.45) is 2.20. The van der Waals surface area contributed by atoms with Crippen molar-refractivity contribution in [3.8, 4) is 0 Å². The van der Waals surface area contributed by atoms with Crippen LogP contribution < -0.4 is 5.73 Å². The van der Waals surface area contributed by atoms with Gasteiger partial charge >= 0.3 is 0 Å². The van der Waals surface area contributed by atoms with Crippen molar-refractivity contribution in [2.24, 2.45) is 7.05 Å². The summed E-state index contributed by atoms with van der Waals surface area (Å²) in [5, 5.41) is 3.94. The van der Waals surface area contributed by atoms with E-state index in [1.807, 2.05) is 6.92 Å². The predicted octanol–water partition coefficient (Wildman–Crippen LogP) is -0.0573. The molecule has 19 heavy (non-hydrogen) atoms. The molecule has 0 saturated heterocycles. The lowest BCUT2D eigenvalue weighted by molar-refractivity contribution is -0.129. The van der Waals surface area contributed by atoms with Gasteiger partial charge in [-0.2, -0.15) is 5.10 Å². The molecule has 1 rings (SSSR count). The molecule has 0 radical (unpaired) electrons. The van der Waals surface area contributed by atoms with E-state index in [0.717, 1.165) is 6.42 Å². The van der Waals surface area contributed by atoms with Crippen molar-refractivity contribution in [2.45, 2.75) is 13.3 Å². The normalized spacial score (nSPS) is 10.3. The maximum absolute atomic E-state index is 12.4. The second-order valence-electron chi connectivity index (χ2n) is 4.59. The van der Waals surface area contributed by atoms with Crippen LogP contribution in [0.4, 0.5) is 5.69 Å². The summed E-state index contributed by atoms with van der Waals surface area (Å²) in [4.78, 5) is 27.1. The molecular formula is C12H21N5O2. The zero-order valence-corrected chi connectivity index (χ0v) is 11.9. The standard InChI is InChI=1S/C12H21N5O2/c1-5-6-17(8-10(18)15(2)3)12(19)11-9(13)7-14-16(11)4/h7H,5-6,8,13H2,1-4H3. The second kappa shape index (κ2) is 6.21. The molecule has 7 nitrogen and oxygen atoms in total. The average Bonchev–Trinajstić information content (AvgIpc) is 2.67. The fourth-order valence-corrected chi connectivity index (χ4v) is 1.69. The Balaban J connectivity index is 2.93. The molecule has 2 N–H and O–H groups in total. The molecule has 0 atom stereocenters. The molecule has 0 aromatic carbocycles. The number of likely N-dealkylation sites (N-methyl/N-ethyl adjacent to an activating group) is 1. The number of carbonyl (C=O) groups is 2. The number of anilines is 1. The van der Waals surface area contributed by atoms with Gasteiger partial charge in [0.2, 0.25) is 5.91 Å². The Morgan fingerprint density at radius 3 is 2.47 bits per heavy atom. The number of amides is 2. The molecular weight excluding hydrogens is 246 g/mol. The van der Waals surface area contributed by atoms with Crippen molar-refractivity contribution in [1.29, 1.82) is 0 Å². The quantitative estimate of drug-likeness (QED) is 0.810. The Morgan fingerprint density at radius 1 is 1.42 bits per heavy atom. The van der Waals surface area contributed by atoms with Crippen LogP contribution in [0, 0.1) is 0 Å². The third-order valence-corrected chi connectivity index (χ3v) is 2.78. The van der Waals surface area contributed by atoms with Crippen LogP contribution in [0.1, 0.15) is 23.8 Å². The molecule has 0 aliphatic carbocycles. The summed E-state index contributed by atoms with van der Waals surface area (Å²) >= 11 is 0. The van der Waals surface area contributed by atoms with E-state index in [1.54, 1.807) is 21.1 Å². The second-order valence-corrected chi connectivity index (χ2v) is 4.59. The summed E-state index contributed by atoms with van der Waals surface area (Å²) in [6, 6.07) is 0. The molecule has 7 heteroatoms. The Morgan fingerprint density at radius 2 is 2.05 bits per heavy atom. The molecule has 1 aromatic heterocycles. The highest BCUT2D eigenvalue weighted by Gasteiger charge is 2.23. The number of hydrogen-bond acceptors (Lipinski definition) is 4. The molecule has 0 bridgehead atoms. The Labute approximate surface area is 113 Å².